The number of fused-ring (bicyclic) bond motifs is 1. The van der Waals surface area contributed by atoms with Gasteiger partial charge in [-0.3, -0.25) is 4.98 Å². The minimum Gasteiger partial charge on any atom is -0.505 e. The van der Waals surface area contributed by atoms with Crippen molar-refractivity contribution in [2.75, 3.05) is 0 Å². The Bertz CT molecular complexity index is 513. The molecular formula is C9H4Br3NO. The lowest BCUT2D eigenvalue weighted by Crippen LogP contribution is -1.82. The Morgan fingerprint density at radius 3 is 2.50 bits per heavy atom. The fourth-order valence-corrected chi connectivity index (χ4v) is 2.77. The monoisotopic (exact) mass is 379 g/mol. The number of hydrogen-bond donors (Lipinski definition) is 1. The van der Waals surface area contributed by atoms with Crippen molar-refractivity contribution in [2.24, 2.45) is 0 Å². The van der Waals surface area contributed by atoms with Gasteiger partial charge in [-0.1, -0.05) is 15.9 Å². The molecule has 0 amide bonds. The molecule has 1 aromatic carbocycles. The van der Waals surface area contributed by atoms with E-state index in [9.17, 15) is 5.11 Å². The second-order valence-corrected chi connectivity index (χ2v) is 5.36. The molecule has 5 heteroatoms. The van der Waals surface area contributed by atoms with Gasteiger partial charge in [0.05, 0.1) is 4.47 Å². The third kappa shape index (κ3) is 1.68. The molecule has 1 aromatic heterocycles. The number of aromatic nitrogens is 1. The summed E-state index contributed by atoms with van der Waals surface area (Å²) < 4.78 is 2.41. The van der Waals surface area contributed by atoms with E-state index < -0.39 is 0 Å². The van der Waals surface area contributed by atoms with Crippen LogP contribution in [-0.4, -0.2) is 10.1 Å². The van der Waals surface area contributed by atoms with Crippen LogP contribution in [0.1, 0.15) is 0 Å². The van der Waals surface area contributed by atoms with Crippen LogP contribution >= 0.6 is 47.8 Å². The average molecular weight is 382 g/mol. The zero-order valence-corrected chi connectivity index (χ0v) is 11.5. The van der Waals surface area contributed by atoms with Crippen molar-refractivity contribution in [2.45, 2.75) is 0 Å². The molecule has 0 unspecified atom stereocenters. The summed E-state index contributed by atoms with van der Waals surface area (Å²) in [5.74, 6) is 0.163. The van der Waals surface area contributed by atoms with E-state index in [1.807, 2.05) is 6.07 Å². The highest BCUT2D eigenvalue weighted by Gasteiger charge is 2.09. The van der Waals surface area contributed by atoms with Crippen LogP contribution < -0.4 is 0 Å². The standard InChI is InChI=1S/C9H4Br3NO/c10-4-1-5-6(11)2-7(12)9(14)8(5)13-3-4/h1-3,14H. The molecule has 0 saturated heterocycles. The molecule has 0 aliphatic carbocycles. The first-order valence-electron chi connectivity index (χ1n) is 3.72. The molecule has 1 N–H and O–H groups in total. The first-order chi connectivity index (χ1) is 6.59. The maximum absolute atomic E-state index is 9.73. The summed E-state index contributed by atoms with van der Waals surface area (Å²) in [7, 11) is 0. The first-order valence-corrected chi connectivity index (χ1v) is 6.09. The van der Waals surface area contributed by atoms with Gasteiger partial charge in [0.2, 0.25) is 0 Å². The predicted octanol–water partition coefficient (Wildman–Crippen LogP) is 4.23. The molecule has 0 saturated carbocycles. The fourth-order valence-electron chi connectivity index (χ4n) is 1.18. The fraction of sp³-hybridized carbons (Fsp3) is 0. The largest absolute Gasteiger partial charge is 0.505 e. The minimum absolute atomic E-state index is 0.163. The quantitative estimate of drug-likeness (QED) is 0.741. The van der Waals surface area contributed by atoms with E-state index in [1.165, 1.54) is 0 Å². The van der Waals surface area contributed by atoms with E-state index in [4.69, 9.17) is 0 Å². The summed E-state index contributed by atoms with van der Waals surface area (Å²) in [6.45, 7) is 0. The molecule has 0 spiro atoms. The number of phenols is 1. The van der Waals surface area contributed by atoms with Crippen LogP contribution in [0.3, 0.4) is 0 Å². The lowest BCUT2D eigenvalue weighted by Gasteiger charge is -2.05. The van der Waals surface area contributed by atoms with Crippen LogP contribution in [0.25, 0.3) is 10.9 Å². The summed E-state index contributed by atoms with van der Waals surface area (Å²) >= 11 is 10.0. The molecule has 1 heterocycles. The van der Waals surface area contributed by atoms with E-state index in [2.05, 4.69) is 52.8 Å². The summed E-state index contributed by atoms with van der Waals surface area (Å²) in [6, 6.07) is 3.70. The third-order valence-electron chi connectivity index (χ3n) is 1.82. The number of pyridine rings is 1. The summed E-state index contributed by atoms with van der Waals surface area (Å²) in [4.78, 5) is 4.15. The SMILES string of the molecule is Oc1c(Br)cc(Br)c2cc(Br)cnc12. The number of rotatable bonds is 0. The van der Waals surface area contributed by atoms with E-state index in [0.717, 1.165) is 14.3 Å². The molecule has 0 bridgehead atoms. The molecule has 72 valence electrons. The number of aromatic hydroxyl groups is 1. The van der Waals surface area contributed by atoms with Crippen molar-refractivity contribution < 1.29 is 5.11 Å². The van der Waals surface area contributed by atoms with Crippen molar-refractivity contribution in [1.29, 1.82) is 0 Å². The molecule has 0 fully saturated rings. The van der Waals surface area contributed by atoms with Gasteiger partial charge in [0, 0.05) is 20.5 Å². The van der Waals surface area contributed by atoms with Gasteiger partial charge in [-0.2, -0.15) is 0 Å². The molecule has 0 radical (unpaired) electrons. The third-order valence-corrected chi connectivity index (χ3v) is 3.51. The van der Waals surface area contributed by atoms with Gasteiger partial charge in [0.25, 0.3) is 0 Å². The Labute approximate surface area is 106 Å². The topological polar surface area (TPSA) is 33.1 Å². The Hall–Kier alpha value is -0.130. The number of hydrogen-bond acceptors (Lipinski definition) is 2. The van der Waals surface area contributed by atoms with Crippen LogP contribution in [0.5, 0.6) is 5.75 Å². The summed E-state index contributed by atoms with van der Waals surface area (Å²) in [5, 5.41) is 10.6. The maximum atomic E-state index is 9.73. The Morgan fingerprint density at radius 2 is 1.79 bits per heavy atom. The second-order valence-electron chi connectivity index (χ2n) is 2.74. The smallest absolute Gasteiger partial charge is 0.156 e. The molecule has 2 rings (SSSR count). The van der Waals surface area contributed by atoms with E-state index in [-0.39, 0.29) is 5.75 Å². The summed E-state index contributed by atoms with van der Waals surface area (Å²) in [6.07, 6.45) is 1.65. The molecule has 0 atom stereocenters. The van der Waals surface area contributed by atoms with Crippen LogP contribution in [0, 0.1) is 0 Å². The van der Waals surface area contributed by atoms with Gasteiger partial charge in [-0.05, 0) is 44.0 Å². The van der Waals surface area contributed by atoms with Crippen molar-refractivity contribution in [3.8, 4) is 5.75 Å². The van der Waals surface area contributed by atoms with Crippen LogP contribution in [0.4, 0.5) is 0 Å². The first kappa shape index (κ1) is 10.4. The van der Waals surface area contributed by atoms with Crippen molar-refractivity contribution >= 4 is 58.7 Å². The van der Waals surface area contributed by atoms with E-state index >= 15 is 0 Å². The highest BCUT2D eigenvalue weighted by molar-refractivity contribution is 9.11. The number of nitrogens with zero attached hydrogens (tertiary/aromatic N) is 1. The average Bonchev–Trinajstić information content (AvgIpc) is 2.14. The van der Waals surface area contributed by atoms with Gasteiger partial charge in [0.15, 0.2) is 5.75 Å². The van der Waals surface area contributed by atoms with Gasteiger partial charge in [0.1, 0.15) is 5.52 Å². The van der Waals surface area contributed by atoms with Crippen molar-refractivity contribution in [3.63, 3.8) is 0 Å². The normalized spacial score (nSPS) is 10.8. The zero-order chi connectivity index (χ0) is 10.3. The number of halogens is 3. The molecule has 14 heavy (non-hydrogen) atoms. The van der Waals surface area contributed by atoms with Crippen LogP contribution in [0.2, 0.25) is 0 Å². The highest BCUT2D eigenvalue weighted by atomic mass is 79.9. The number of phenolic OH excluding ortho intramolecular Hbond substituents is 1. The predicted molar refractivity (Wildman–Crippen MR) is 66.5 cm³/mol. The molecule has 0 aliphatic rings. The van der Waals surface area contributed by atoms with Gasteiger partial charge >= 0.3 is 0 Å². The molecular weight excluding hydrogens is 378 g/mol. The van der Waals surface area contributed by atoms with E-state index in [1.54, 1.807) is 12.3 Å². The van der Waals surface area contributed by atoms with Crippen LogP contribution in [0.15, 0.2) is 31.7 Å². The Balaban J connectivity index is 2.94. The lowest BCUT2D eigenvalue weighted by molar-refractivity contribution is 0.477. The second kappa shape index (κ2) is 3.79. The van der Waals surface area contributed by atoms with E-state index in [0.29, 0.717) is 9.99 Å². The molecule has 2 nitrogen and oxygen atoms in total. The minimum atomic E-state index is 0.163. The van der Waals surface area contributed by atoms with Crippen molar-refractivity contribution in [3.05, 3.63) is 31.7 Å². The van der Waals surface area contributed by atoms with Crippen molar-refractivity contribution in [1.82, 2.24) is 4.98 Å². The van der Waals surface area contributed by atoms with Gasteiger partial charge < -0.3 is 5.11 Å². The zero-order valence-electron chi connectivity index (χ0n) is 6.76. The van der Waals surface area contributed by atoms with Gasteiger partial charge in [-0.15, -0.1) is 0 Å². The molecule has 0 aliphatic heterocycles. The highest BCUT2D eigenvalue weighted by Crippen LogP contribution is 2.37. The lowest BCUT2D eigenvalue weighted by atomic mass is 10.2. The van der Waals surface area contributed by atoms with Crippen LogP contribution in [-0.2, 0) is 0 Å². The van der Waals surface area contributed by atoms with Gasteiger partial charge in [-0.25, -0.2) is 0 Å². The molecule has 2 aromatic rings. The Morgan fingerprint density at radius 1 is 1.07 bits per heavy atom. The summed E-state index contributed by atoms with van der Waals surface area (Å²) in [5.41, 5.74) is 0.578. The Kier molecular flexibility index (Phi) is 2.81. The number of benzene rings is 1. The maximum Gasteiger partial charge on any atom is 0.156 e.